The van der Waals surface area contributed by atoms with E-state index in [0.717, 1.165) is 48.6 Å². The largest absolute Gasteiger partial charge is 0.497 e. The van der Waals surface area contributed by atoms with E-state index in [0.29, 0.717) is 24.2 Å². The lowest BCUT2D eigenvalue weighted by Crippen LogP contribution is -2.42. The molecule has 7 heteroatoms. The van der Waals surface area contributed by atoms with Gasteiger partial charge >= 0.3 is 5.97 Å². The van der Waals surface area contributed by atoms with Crippen LogP contribution in [0.4, 0.5) is 4.39 Å². The first kappa shape index (κ1) is 26.2. The zero-order valence-corrected chi connectivity index (χ0v) is 21.6. The minimum Gasteiger partial charge on any atom is -0.497 e. The molecule has 1 aliphatic carbocycles. The van der Waals surface area contributed by atoms with Crippen molar-refractivity contribution in [2.24, 2.45) is 11.8 Å². The summed E-state index contributed by atoms with van der Waals surface area (Å²) < 4.78 is 20.8. The molecule has 1 aliphatic heterocycles. The number of carbonyl (C=O) groups is 1. The summed E-state index contributed by atoms with van der Waals surface area (Å²) >= 11 is 2.12. The number of aliphatic carboxylic acids is 1. The molecule has 4 rings (SSSR count). The first-order chi connectivity index (χ1) is 17.0. The second kappa shape index (κ2) is 12.9. The fourth-order valence-electron chi connectivity index (χ4n) is 5.85. The Morgan fingerprint density at radius 3 is 2.86 bits per heavy atom. The molecule has 2 heterocycles. The van der Waals surface area contributed by atoms with Crippen LogP contribution in [0.15, 0.2) is 30.5 Å². The highest BCUT2D eigenvalue weighted by Gasteiger charge is 2.31. The van der Waals surface area contributed by atoms with E-state index in [2.05, 4.69) is 21.6 Å². The summed E-state index contributed by atoms with van der Waals surface area (Å²) in [4.78, 5) is 18.4. The summed E-state index contributed by atoms with van der Waals surface area (Å²) in [5.74, 6) is 1.47. The van der Waals surface area contributed by atoms with Crippen molar-refractivity contribution in [2.45, 2.75) is 69.2 Å². The van der Waals surface area contributed by atoms with Crippen LogP contribution in [0.3, 0.4) is 0 Å². The van der Waals surface area contributed by atoms with Crippen LogP contribution in [0.2, 0.25) is 0 Å². The summed E-state index contributed by atoms with van der Waals surface area (Å²) in [7, 11) is 1.60. The van der Waals surface area contributed by atoms with Crippen molar-refractivity contribution in [3.05, 3.63) is 36.0 Å². The second-order valence-electron chi connectivity index (χ2n) is 10.2. The first-order valence-electron chi connectivity index (χ1n) is 13.2. The number of hydrogen-bond acceptors (Lipinski definition) is 5. The Morgan fingerprint density at radius 2 is 2.09 bits per heavy atom. The molecule has 2 fully saturated rings. The molecule has 1 saturated heterocycles. The van der Waals surface area contributed by atoms with Gasteiger partial charge in [0.05, 0.1) is 12.6 Å². The number of hydrogen-bond donors (Lipinski definition) is 1. The fourth-order valence-corrected chi connectivity index (χ4v) is 7.15. The van der Waals surface area contributed by atoms with E-state index < -0.39 is 12.1 Å². The summed E-state index contributed by atoms with van der Waals surface area (Å²) in [5, 5.41) is 11.2. The van der Waals surface area contributed by atoms with E-state index in [1.165, 1.54) is 31.4 Å². The minimum absolute atomic E-state index is 0.0882. The van der Waals surface area contributed by atoms with Crippen molar-refractivity contribution >= 4 is 28.6 Å². The van der Waals surface area contributed by atoms with Gasteiger partial charge in [-0.3, -0.25) is 9.78 Å². The molecule has 1 N–H and O–H groups in total. The van der Waals surface area contributed by atoms with Gasteiger partial charge in [0, 0.05) is 29.8 Å². The van der Waals surface area contributed by atoms with Gasteiger partial charge < -0.3 is 14.7 Å². The number of carboxylic acid groups (broad SMARTS) is 1. The van der Waals surface area contributed by atoms with Crippen LogP contribution in [0, 0.1) is 11.8 Å². The standard InChI is InChI=1S/C28H39FN2O3S/c1-34-22-8-10-27-25(18-22)24(11-13-30-27)26(29)9-7-20-12-15-31(19-21(20)17-28(32)33)14-4-16-35-23-5-2-3-6-23/h8,10-11,13,18,20-21,23,26H,2-7,9,12,14-17,19H2,1H3,(H,32,33)/t20-,21+,26-/m1/s1. The molecule has 35 heavy (non-hydrogen) atoms. The van der Waals surface area contributed by atoms with E-state index >= 15 is 4.39 Å². The van der Waals surface area contributed by atoms with Crippen LogP contribution in [0.25, 0.3) is 10.9 Å². The highest BCUT2D eigenvalue weighted by molar-refractivity contribution is 7.99. The van der Waals surface area contributed by atoms with Crippen LogP contribution in [0.1, 0.15) is 69.5 Å². The average molecular weight is 503 g/mol. The van der Waals surface area contributed by atoms with Crippen LogP contribution in [-0.4, -0.2) is 58.7 Å². The van der Waals surface area contributed by atoms with Gasteiger partial charge in [0.1, 0.15) is 11.9 Å². The monoisotopic (exact) mass is 502 g/mol. The molecule has 192 valence electrons. The maximum atomic E-state index is 15.5. The lowest BCUT2D eigenvalue weighted by atomic mass is 9.79. The topological polar surface area (TPSA) is 62.7 Å². The number of thioether (sulfide) groups is 1. The quantitative estimate of drug-likeness (QED) is 0.334. The maximum Gasteiger partial charge on any atom is 0.303 e. The van der Waals surface area contributed by atoms with Crippen LogP contribution in [0.5, 0.6) is 5.75 Å². The van der Waals surface area contributed by atoms with Crippen molar-refractivity contribution in [2.75, 3.05) is 32.5 Å². The Labute approximate surface area is 212 Å². The smallest absolute Gasteiger partial charge is 0.303 e. The summed E-state index contributed by atoms with van der Waals surface area (Å²) in [6.07, 6.45) is 9.45. The van der Waals surface area contributed by atoms with Crippen LogP contribution < -0.4 is 4.74 Å². The third kappa shape index (κ3) is 7.32. The molecular weight excluding hydrogens is 463 g/mol. The molecule has 2 aromatic rings. The van der Waals surface area contributed by atoms with Gasteiger partial charge in [-0.1, -0.05) is 12.8 Å². The predicted octanol–water partition coefficient (Wildman–Crippen LogP) is 6.51. The van der Waals surface area contributed by atoms with Crippen LogP contribution in [-0.2, 0) is 4.79 Å². The molecule has 0 radical (unpaired) electrons. The second-order valence-corrected chi connectivity index (χ2v) is 11.6. The molecule has 1 aromatic heterocycles. The lowest BCUT2D eigenvalue weighted by Gasteiger charge is -2.38. The van der Waals surface area contributed by atoms with Gasteiger partial charge in [0.25, 0.3) is 0 Å². The normalized spacial score (nSPS) is 22.5. The predicted molar refractivity (Wildman–Crippen MR) is 141 cm³/mol. The van der Waals surface area contributed by atoms with Crippen molar-refractivity contribution < 1.29 is 19.0 Å². The number of benzene rings is 1. The Balaban J connectivity index is 1.30. The van der Waals surface area contributed by atoms with Gasteiger partial charge in [0.15, 0.2) is 0 Å². The highest BCUT2D eigenvalue weighted by atomic mass is 32.2. The number of carboxylic acids is 1. The Kier molecular flexibility index (Phi) is 9.67. The van der Waals surface area contributed by atoms with Gasteiger partial charge in [-0.15, -0.1) is 0 Å². The summed E-state index contributed by atoms with van der Waals surface area (Å²) in [6, 6.07) is 7.30. The van der Waals surface area contributed by atoms with E-state index in [9.17, 15) is 9.90 Å². The van der Waals surface area contributed by atoms with Gasteiger partial charge in [-0.25, -0.2) is 4.39 Å². The maximum absolute atomic E-state index is 15.5. The molecule has 2 aliphatic rings. The molecule has 0 unspecified atom stereocenters. The first-order valence-corrected chi connectivity index (χ1v) is 14.2. The number of fused-ring (bicyclic) bond motifs is 1. The number of piperidine rings is 1. The number of alkyl halides is 1. The molecule has 0 bridgehead atoms. The van der Waals surface area contributed by atoms with Crippen molar-refractivity contribution in [1.29, 1.82) is 0 Å². The molecule has 0 amide bonds. The van der Waals surface area contributed by atoms with E-state index in [-0.39, 0.29) is 18.3 Å². The fraction of sp³-hybridized carbons (Fsp3) is 0.643. The van der Waals surface area contributed by atoms with Gasteiger partial charge in [-0.2, -0.15) is 11.8 Å². The minimum atomic E-state index is -1.11. The number of nitrogens with zero attached hydrogens (tertiary/aromatic N) is 2. The van der Waals surface area contributed by atoms with Crippen molar-refractivity contribution in [3.63, 3.8) is 0 Å². The molecule has 3 atom stereocenters. The summed E-state index contributed by atoms with van der Waals surface area (Å²) in [6.45, 7) is 2.84. The molecule has 1 saturated carbocycles. The number of likely N-dealkylation sites (tertiary alicyclic amines) is 1. The average Bonchev–Trinajstić information content (AvgIpc) is 3.38. The van der Waals surface area contributed by atoms with Crippen LogP contribution >= 0.6 is 11.8 Å². The van der Waals surface area contributed by atoms with Crippen molar-refractivity contribution in [1.82, 2.24) is 9.88 Å². The number of rotatable bonds is 12. The highest BCUT2D eigenvalue weighted by Crippen LogP contribution is 2.36. The number of aromatic nitrogens is 1. The van der Waals surface area contributed by atoms with E-state index in [1.807, 2.05) is 18.2 Å². The van der Waals surface area contributed by atoms with E-state index in [1.54, 1.807) is 19.4 Å². The summed E-state index contributed by atoms with van der Waals surface area (Å²) in [5.41, 5.74) is 1.40. The molecule has 1 aromatic carbocycles. The Hall–Kier alpha value is -1.86. The van der Waals surface area contributed by atoms with Gasteiger partial charge in [0.2, 0.25) is 0 Å². The zero-order chi connectivity index (χ0) is 24.6. The molecular formula is C28H39FN2O3S. The lowest BCUT2D eigenvalue weighted by molar-refractivity contribution is -0.139. The molecule has 0 spiro atoms. The molecule has 5 nitrogen and oxygen atoms in total. The number of halogens is 1. The van der Waals surface area contributed by atoms with Gasteiger partial charge in [-0.05, 0) is 99.0 Å². The third-order valence-electron chi connectivity index (χ3n) is 7.80. The number of methoxy groups -OCH3 is 1. The Bertz CT molecular complexity index is 968. The SMILES string of the molecule is COc1ccc2nccc([C@H](F)CC[C@@H]3CCN(CCCSC4CCCC4)C[C@@H]3CC(=O)O)c2c1. The number of ether oxygens (including phenoxy) is 1. The third-order valence-corrected chi connectivity index (χ3v) is 9.26. The zero-order valence-electron chi connectivity index (χ0n) is 20.8. The number of pyridine rings is 1. The van der Waals surface area contributed by atoms with Crippen molar-refractivity contribution in [3.8, 4) is 5.75 Å². The Morgan fingerprint density at radius 1 is 1.26 bits per heavy atom. The van der Waals surface area contributed by atoms with E-state index in [4.69, 9.17) is 4.74 Å².